The van der Waals surface area contributed by atoms with E-state index in [9.17, 15) is 31.1 Å². The number of hydrogen-bond donors (Lipinski definition) is 2. The van der Waals surface area contributed by atoms with Gasteiger partial charge in [-0.3, -0.25) is 10.3 Å². The maximum absolute atomic E-state index is 14.1. The summed E-state index contributed by atoms with van der Waals surface area (Å²) in [5.74, 6) is -0.458. The molecule has 0 spiro atoms. The van der Waals surface area contributed by atoms with E-state index in [2.05, 4.69) is 20.0 Å². The lowest BCUT2D eigenvalue weighted by Gasteiger charge is -2.42. The fraction of sp³-hybridized carbons (Fsp3) is 0.714. The summed E-state index contributed by atoms with van der Waals surface area (Å²) in [4.78, 5) is 11.6. The van der Waals surface area contributed by atoms with Gasteiger partial charge in [-0.15, -0.1) is 0 Å². The molecule has 0 saturated heterocycles. The highest BCUT2D eigenvalue weighted by molar-refractivity contribution is 14.2. The van der Waals surface area contributed by atoms with Crippen molar-refractivity contribution in [1.29, 1.82) is 0 Å². The highest BCUT2D eigenvalue weighted by Gasteiger charge is 2.50. The highest BCUT2D eigenvalue weighted by Crippen LogP contribution is 2.51. The third-order valence-corrected chi connectivity index (χ3v) is 6.38. The molecule has 0 aromatic carbocycles. The molecule has 1 saturated carbocycles. The Bertz CT molecular complexity index is 592. The Morgan fingerprint density at radius 2 is 2.12 bits per heavy atom. The molecule has 12 heteroatoms. The summed E-state index contributed by atoms with van der Waals surface area (Å²) in [5.41, 5.74) is 2.99. The number of amides is 1. The minimum Gasteiger partial charge on any atom is -0.443 e. The van der Waals surface area contributed by atoms with Crippen LogP contribution in [0.3, 0.4) is 0 Å². The minimum absolute atomic E-state index is 0.182. The minimum atomic E-state index is -4.58. The lowest BCUT2D eigenvalue weighted by Crippen LogP contribution is -2.51. The smallest absolute Gasteiger partial charge is 0.412 e. The quantitative estimate of drug-likeness (QED) is 0.333. The molecule has 1 aliphatic heterocycles. The molecular formula is C14H18F6IN3O2. The fourth-order valence-corrected chi connectivity index (χ4v) is 4.70. The van der Waals surface area contributed by atoms with Crippen LogP contribution in [0.5, 0.6) is 0 Å². The topological polar surface area (TPSA) is 53.6 Å². The Morgan fingerprint density at radius 1 is 1.50 bits per heavy atom. The Hall–Kier alpha value is -1.05. The van der Waals surface area contributed by atoms with Crippen molar-refractivity contribution < 1.29 is 35.9 Å². The third-order valence-electron chi connectivity index (χ3n) is 4.14. The summed E-state index contributed by atoms with van der Waals surface area (Å²) in [7, 11) is 0. The van der Waals surface area contributed by atoms with Gasteiger partial charge >= 0.3 is 12.3 Å². The van der Waals surface area contributed by atoms with Crippen molar-refractivity contribution in [3.63, 3.8) is 0 Å². The summed E-state index contributed by atoms with van der Waals surface area (Å²) < 4.78 is 83.2. The second kappa shape index (κ2) is 7.90. The number of rotatable bonds is 6. The van der Waals surface area contributed by atoms with Crippen LogP contribution >= 0.6 is 20.7 Å². The molecule has 0 radical (unpaired) electrons. The number of ether oxygens (including phenoxy) is 1. The van der Waals surface area contributed by atoms with Crippen molar-refractivity contribution in [1.82, 2.24) is 15.8 Å². The van der Waals surface area contributed by atoms with Crippen LogP contribution in [0.25, 0.3) is 0 Å². The van der Waals surface area contributed by atoms with Crippen LogP contribution in [-0.4, -0.2) is 51.1 Å². The van der Waals surface area contributed by atoms with Crippen LogP contribution in [0.2, 0.25) is 0 Å². The van der Waals surface area contributed by atoms with Crippen molar-refractivity contribution in [2.45, 2.75) is 42.1 Å². The van der Waals surface area contributed by atoms with E-state index < -0.39 is 62.3 Å². The molecule has 2 rings (SSSR count). The van der Waals surface area contributed by atoms with Crippen LogP contribution in [0.15, 0.2) is 11.4 Å². The molecule has 1 fully saturated rings. The lowest BCUT2D eigenvalue weighted by atomic mass is 9.76. The molecule has 0 bridgehead atoms. The van der Waals surface area contributed by atoms with Crippen molar-refractivity contribution in [2.24, 2.45) is 5.92 Å². The first-order valence-corrected chi connectivity index (χ1v) is 10.2. The maximum Gasteiger partial charge on any atom is 0.412 e. The summed E-state index contributed by atoms with van der Waals surface area (Å²) >= 11 is -0.896. The monoisotopic (exact) mass is 501 g/mol. The van der Waals surface area contributed by atoms with Crippen molar-refractivity contribution in [3.8, 4) is 0 Å². The SMILES string of the molecule is C=IC1(F)CC(C2NN(CC(F)(F)F)C(NC(=O)OCC(F)F)=C2C)C1. The van der Waals surface area contributed by atoms with Crippen molar-refractivity contribution in [2.75, 3.05) is 13.2 Å². The number of alkyl halides is 7. The Morgan fingerprint density at radius 3 is 2.62 bits per heavy atom. The van der Waals surface area contributed by atoms with Gasteiger partial charge in [0.15, 0.2) is 10.3 Å². The zero-order valence-corrected chi connectivity index (χ0v) is 15.8. The summed E-state index contributed by atoms with van der Waals surface area (Å²) in [6, 6.07) is -0.595. The van der Waals surface area contributed by atoms with Gasteiger partial charge in [-0.1, -0.05) is 25.2 Å². The zero-order valence-electron chi connectivity index (χ0n) is 13.7. The van der Waals surface area contributed by atoms with Gasteiger partial charge in [0.25, 0.3) is 6.43 Å². The average Bonchev–Trinajstić information content (AvgIpc) is 2.77. The molecule has 2 aliphatic rings. The van der Waals surface area contributed by atoms with E-state index in [0.717, 1.165) is 0 Å². The maximum atomic E-state index is 14.1. The average molecular weight is 501 g/mol. The molecule has 1 atom stereocenters. The van der Waals surface area contributed by atoms with E-state index >= 15 is 0 Å². The second-order valence-electron chi connectivity index (χ2n) is 6.11. The van der Waals surface area contributed by atoms with Gasteiger partial charge in [-0.2, -0.15) is 13.2 Å². The van der Waals surface area contributed by atoms with Crippen LogP contribution in [0.4, 0.5) is 31.1 Å². The van der Waals surface area contributed by atoms with Crippen LogP contribution < -0.4 is 10.7 Å². The number of hydrazine groups is 1. The standard InChI is InChI=1S/C14H18F6IN3O2/c1-7-10(8-3-13(17,4-8)21-2)23-24(6-14(18,19)20)11(7)22-12(25)26-5-9(15)16/h8-10,23H,2-6H2,1H3,(H,22,25). The van der Waals surface area contributed by atoms with Gasteiger partial charge in [0.2, 0.25) is 0 Å². The van der Waals surface area contributed by atoms with Gasteiger partial charge in [-0.05, 0) is 31.3 Å². The zero-order chi connectivity index (χ0) is 19.7. The molecule has 1 aliphatic carbocycles. The number of halogens is 7. The van der Waals surface area contributed by atoms with E-state index in [1.807, 2.05) is 0 Å². The molecule has 5 nitrogen and oxygen atoms in total. The Balaban J connectivity index is 2.11. The highest BCUT2D eigenvalue weighted by atomic mass is 127. The number of hydrogen-bond acceptors (Lipinski definition) is 4. The molecule has 150 valence electrons. The molecule has 0 aromatic rings. The summed E-state index contributed by atoms with van der Waals surface area (Å²) in [6.07, 6.45) is -8.39. The molecule has 1 heterocycles. The lowest BCUT2D eigenvalue weighted by molar-refractivity contribution is -0.148. The second-order valence-corrected chi connectivity index (χ2v) is 8.81. The normalized spacial score (nSPS) is 29.2. The Kier molecular flexibility index (Phi) is 6.46. The number of nitrogens with zero attached hydrogens (tertiary/aromatic N) is 1. The van der Waals surface area contributed by atoms with Gasteiger partial charge in [0.1, 0.15) is 12.4 Å². The van der Waals surface area contributed by atoms with Gasteiger partial charge < -0.3 is 4.74 Å². The van der Waals surface area contributed by atoms with E-state index in [1.54, 1.807) is 0 Å². The number of alkyl carbamates (subject to hydrolysis) is 1. The van der Waals surface area contributed by atoms with Gasteiger partial charge in [0.05, 0.1) is 6.04 Å². The first-order valence-electron chi connectivity index (χ1n) is 7.56. The summed E-state index contributed by atoms with van der Waals surface area (Å²) in [6.45, 7) is -1.09. The molecule has 2 N–H and O–H groups in total. The molecular weight excluding hydrogens is 483 g/mol. The first kappa shape index (κ1) is 21.3. The van der Waals surface area contributed by atoms with E-state index in [1.165, 1.54) is 6.92 Å². The first-order chi connectivity index (χ1) is 11.9. The van der Waals surface area contributed by atoms with Gasteiger partial charge in [0, 0.05) is 0 Å². The van der Waals surface area contributed by atoms with E-state index in [0.29, 0.717) is 10.6 Å². The molecule has 1 amide bonds. The van der Waals surface area contributed by atoms with Crippen LogP contribution in [0.1, 0.15) is 19.8 Å². The van der Waals surface area contributed by atoms with Crippen molar-refractivity contribution in [3.05, 3.63) is 11.4 Å². The fourth-order valence-electron chi connectivity index (χ4n) is 2.94. The molecule has 1 unspecified atom stereocenters. The molecule has 26 heavy (non-hydrogen) atoms. The van der Waals surface area contributed by atoms with Gasteiger partial charge in [-0.25, -0.2) is 23.4 Å². The van der Waals surface area contributed by atoms with E-state index in [4.69, 9.17) is 0 Å². The molecule has 0 aromatic heterocycles. The van der Waals surface area contributed by atoms with Crippen LogP contribution in [0, 0.1) is 5.92 Å². The largest absolute Gasteiger partial charge is 0.443 e. The number of carbonyl (C=O) groups excluding carboxylic acids is 1. The number of nitrogens with one attached hydrogen (secondary N) is 2. The number of carbonyl (C=O) groups is 1. The van der Waals surface area contributed by atoms with Crippen molar-refractivity contribution >= 4 is 31.3 Å². The predicted octanol–water partition coefficient (Wildman–Crippen LogP) is 3.44. The third kappa shape index (κ3) is 5.24. The summed E-state index contributed by atoms with van der Waals surface area (Å²) in [5, 5.41) is 2.76. The predicted molar refractivity (Wildman–Crippen MR) is 90.6 cm³/mol. The Labute approximate surface area is 155 Å². The van der Waals surface area contributed by atoms with E-state index in [-0.39, 0.29) is 24.6 Å². The van der Waals surface area contributed by atoms with Crippen LogP contribution in [-0.2, 0) is 4.74 Å².